The van der Waals surface area contributed by atoms with Gasteiger partial charge in [0.2, 0.25) is 17.7 Å². The highest BCUT2D eigenvalue weighted by Gasteiger charge is 2.38. The maximum absolute atomic E-state index is 12.6. The molecule has 0 aromatic rings. The Morgan fingerprint density at radius 2 is 1.92 bits per heavy atom. The van der Waals surface area contributed by atoms with Crippen LogP contribution in [0, 0.1) is 0 Å². The summed E-state index contributed by atoms with van der Waals surface area (Å²) in [6.07, 6.45) is 2.91. The number of carbonyl (C=O) groups is 4. The Morgan fingerprint density at radius 1 is 1.19 bits per heavy atom. The van der Waals surface area contributed by atoms with E-state index in [0.29, 0.717) is 19.4 Å². The number of hydrogen-bond acceptors (Lipinski definition) is 6. The van der Waals surface area contributed by atoms with Crippen molar-refractivity contribution in [3.05, 3.63) is 0 Å². The molecular weight excluding hydrogens is 344 g/mol. The highest BCUT2D eigenvalue weighted by Crippen LogP contribution is 2.21. The summed E-state index contributed by atoms with van der Waals surface area (Å²) < 4.78 is 0. The van der Waals surface area contributed by atoms with Gasteiger partial charge in [0.15, 0.2) is 0 Å². The van der Waals surface area contributed by atoms with Gasteiger partial charge in [-0.1, -0.05) is 0 Å². The zero-order valence-corrected chi connectivity index (χ0v) is 14.7. The van der Waals surface area contributed by atoms with Crippen LogP contribution in [-0.4, -0.2) is 82.7 Å². The molecule has 2 rings (SSSR count). The van der Waals surface area contributed by atoms with Crippen molar-refractivity contribution in [3.63, 3.8) is 0 Å². The van der Waals surface area contributed by atoms with E-state index in [1.165, 1.54) is 6.92 Å². The normalized spacial score (nSPS) is 24.8. The van der Waals surface area contributed by atoms with Gasteiger partial charge in [-0.2, -0.15) is 0 Å². The number of aliphatic hydroxyl groups excluding tert-OH is 1. The molecular formula is C16H26N4O6. The van der Waals surface area contributed by atoms with Gasteiger partial charge in [-0.25, -0.2) is 4.79 Å². The van der Waals surface area contributed by atoms with Crippen LogP contribution in [0.5, 0.6) is 0 Å². The Bertz CT molecular complexity index is 563. The predicted molar refractivity (Wildman–Crippen MR) is 90.0 cm³/mol. The minimum atomic E-state index is -1.43. The topological polar surface area (TPSA) is 148 Å². The molecule has 0 bridgehead atoms. The smallest absolute Gasteiger partial charge is 0.328 e. The molecule has 5 N–H and O–H groups in total. The van der Waals surface area contributed by atoms with Crippen LogP contribution < -0.4 is 16.0 Å². The summed E-state index contributed by atoms with van der Waals surface area (Å²) >= 11 is 0. The van der Waals surface area contributed by atoms with E-state index in [2.05, 4.69) is 16.0 Å². The lowest BCUT2D eigenvalue weighted by Gasteiger charge is -2.27. The van der Waals surface area contributed by atoms with Crippen molar-refractivity contribution in [2.75, 3.05) is 19.7 Å². The Labute approximate surface area is 151 Å². The SMILES string of the molecule is CC(NC(=O)C1CCCN1C(=O)C1CCCN1)C(=O)NC(CO)C(=O)O. The fourth-order valence-electron chi connectivity index (χ4n) is 3.26. The number of likely N-dealkylation sites (tertiary alicyclic amines) is 1. The molecule has 0 aliphatic carbocycles. The van der Waals surface area contributed by atoms with E-state index in [-0.39, 0.29) is 11.9 Å². The molecule has 2 aliphatic heterocycles. The van der Waals surface area contributed by atoms with Crippen LogP contribution in [0.25, 0.3) is 0 Å². The van der Waals surface area contributed by atoms with Gasteiger partial charge in [-0.05, 0) is 39.2 Å². The third-order valence-electron chi connectivity index (χ3n) is 4.75. The lowest BCUT2D eigenvalue weighted by Crippen LogP contribution is -2.56. The van der Waals surface area contributed by atoms with Crippen molar-refractivity contribution in [2.24, 2.45) is 0 Å². The van der Waals surface area contributed by atoms with Gasteiger partial charge in [0, 0.05) is 6.54 Å². The molecule has 2 saturated heterocycles. The first-order valence-corrected chi connectivity index (χ1v) is 8.83. The van der Waals surface area contributed by atoms with Gasteiger partial charge in [-0.15, -0.1) is 0 Å². The van der Waals surface area contributed by atoms with Gasteiger partial charge < -0.3 is 31.1 Å². The number of nitrogens with zero attached hydrogens (tertiary/aromatic N) is 1. The summed E-state index contributed by atoms with van der Waals surface area (Å²) in [6, 6.07) is -3.31. The molecule has 0 spiro atoms. The number of carboxylic acid groups (broad SMARTS) is 1. The van der Waals surface area contributed by atoms with E-state index >= 15 is 0 Å². The number of carbonyl (C=O) groups excluding carboxylic acids is 3. The number of rotatable bonds is 7. The second kappa shape index (κ2) is 8.95. The Morgan fingerprint density at radius 3 is 2.50 bits per heavy atom. The average molecular weight is 370 g/mol. The maximum atomic E-state index is 12.6. The summed E-state index contributed by atoms with van der Waals surface area (Å²) in [5.74, 6) is -2.61. The van der Waals surface area contributed by atoms with Gasteiger partial charge in [-0.3, -0.25) is 14.4 Å². The molecule has 0 aromatic heterocycles. The number of amides is 3. The largest absolute Gasteiger partial charge is 0.480 e. The Hall–Kier alpha value is -2.20. The van der Waals surface area contributed by atoms with Crippen molar-refractivity contribution in [3.8, 4) is 0 Å². The molecule has 2 fully saturated rings. The molecule has 2 heterocycles. The number of nitrogens with one attached hydrogen (secondary N) is 3. The van der Waals surface area contributed by atoms with Crippen LogP contribution in [0.1, 0.15) is 32.6 Å². The molecule has 4 unspecified atom stereocenters. The minimum Gasteiger partial charge on any atom is -0.480 e. The van der Waals surface area contributed by atoms with Crippen molar-refractivity contribution in [1.29, 1.82) is 0 Å². The van der Waals surface area contributed by atoms with Crippen LogP contribution in [0.3, 0.4) is 0 Å². The van der Waals surface area contributed by atoms with Crippen LogP contribution in [0.2, 0.25) is 0 Å². The molecule has 2 aliphatic rings. The zero-order chi connectivity index (χ0) is 19.3. The summed E-state index contributed by atoms with van der Waals surface area (Å²) in [4.78, 5) is 49.5. The quantitative estimate of drug-likeness (QED) is 0.341. The van der Waals surface area contributed by atoms with Crippen LogP contribution in [-0.2, 0) is 19.2 Å². The molecule has 10 nitrogen and oxygen atoms in total. The number of carboxylic acids is 1. The molecule has 10 heteroatoms. The number of aliphatic carboxylic acids is 1. The monoisotopic (exact) mass is 370 g/mol. The van der Waals surface area contributed by atoms with Gasteiger partial charge in [0.05, 0.1) is 12.6 Å². The number of aliphatic hydroxyl groups is 1. The van der Waals surface area contributed by atoms with Crippen LogP contribution in [0.15, 0.2) is 0 Å². The van der Waals surface area contributed by atoms with E-state index < -0.39 is 42.5 Å². The summed E-state index contributed by atoms with van der Waals surface area (Å²) in [7, 11) is 0. The first-order chi connectivity index (χ1) is 12.3. The standard InChI is InChI=1S/C16H26N4O6/c1-9(13(22)19-11(8-21)16(25)26)18-14(23)12-5-3-7-20(12)15(24)10-4-2-6-17-10/h9-12,17,21H,2-8H2,1H3,(H,18,23)(H,19,22)(H,25,26). The lowest BCUT2D eigenvalue weighted by atomic mass is 10.1. The third kappa shape index (κ3) is 4.70. The summed E-state index contributed by atoms with van der Waals surface area (Å²) in [5, 5.41) is 25.6. The molecule has 26 heavy (non-hydrogen) atoms. The lowest BCUT2D eigenvalue weighted by molar-refractivity contribution is -0.144. The first kappa shape index (κ1) is 20.1. The van der Waals surface area contributed by atoms with Gasteiger partial charge in [0.1, 0.15) is 18.1 Å². The highest BCUT2D eigenvalue weighted by atomic mass is 16.4. The zero-order valence-electron chi connectivity index (χ0n) is 14.7. The second-order valence-electron chi connectivity index (χ2n) is 6.65. The third-order valence-corrected chi connectivity index (χ3v) is 4.75. The predicted octanol–water partition coefficient (Wildman–Crippen LogP) is -2.20. The molecule has 0 radical (unpaired) electrons. The fourth-order valence-corrected chi connectivity index (χ4v) is 3.26. The van der Waals surface area contributed by atoms with Crippen molar-refractivity contribution in [1.82, 2.24) is 20.9 Å². The molecule has 4 atom stereocenters. The van der Waals surface area contributed by atoms with E-state index in [0.717, 1.165) is 19.4 Å². The van der Waals surface area contributed by atoms with Gasteiger partial charge in [0.25, 0.3) is 0 Å². The number of hydrogen-bond donors (Lipinski definition) is 5. The van der Waals surface area contributed by atoms with E-state index in [1.54, 1.807) is 4.90 Å². The van der Waals surface area contributed by atoms with Gasteiger partial charge >= 0.3 is 5.97 Å². The van der Waals surface area contributed by atoms with E-state index in [4.69, 9.17) is 10.2 Å². The summed E-state index contributed by atoms with van der Waals surface area (Å²) in [6.45, 7) is 1.96. The Balaban J connectivity index is 1.91. The summed E-state index contributed by atoms with van der Waals surface area (Å²) in [5.41, 5.74) is 0. The van der Waals surface area contributed by atoms with E-state index in [9.17, 15) is 19.2 Å². The Kier molecular flexibility index (Phi) is 6.92. The second-order valence-corrected chi connectivity index (χ2v) is 6.65. The van der Waals surface area contributed by atoms with E-state index in [1.807, 2.05) is 0 Å². The molecule has 146 valence electrons. The molecule has 0 aromatic carbocycles. The van der Waals surface area contributed by atoms with Crippen molar-refractivity contribution in [2.45, 2.75) is 56.8 Å². The average Bonchev–Trinajstić information content (AvgIpc) is 3.29. The fraction of sp³-hybridized carbons (Fsp3) is 0.750. The maximum Gasteiger partial charge on any atom is 0.328 e. The highest BCUT2D eigenvalue weighted by molar-refractivity contribution is 5.94. The van der Waals surface area contributed by atoms with Crippen molar-refractivity contribution < 1.29 is 29.4 Å². The van der Waals surface area contributed by atoms with Crippen LogP contribution >= 0.6 is 0 Å². The minimum absolute atomic E-state index is 0.0940. The molecule has 0 saturated carbocycles. The van der Waals surface area contributed by atoms with Crippen molar-refractivity contribution >= 4 is 23.7 Å². The molecule has 3 amide bonds. The van der Waals surface area contributed by atoms with Crippen LogP contribution in [0.4, 0.5) is 0 Å². The first-order valence-electron chi connectivity index (χ1n) is 8.83.